The van der Waals surface area contributed by atoms with E-state index in [-0.39, 0.29) is 24.2 Å². The summed E-state index contributed by atoms with van der Waals surface area (Å²) in [7, 11) is 3.42. The number of pyridine rings is 1. The Morgan fingerprint density at radius 3 is 2.69 bits per heavy atom. The lowest BCUT2D eigenvalue weighted by molar-refractivity contribution is -0.137. The van der Waals surface area contributed by atoms with Gasteiger partial charge in [-0.2, -0.15) is 0 Å². The first-order valence-electron chi connectivity index (χ1n) is 16.0. The molecule has 0 bridgehead atoms. The maximum Gasteiger partial charge on any atom is 0.304 e. The number of hydrogen-bond acceptors (Lipinski definition) is 8. The van der Waals surface area contributed by atoms with Gasteiger partial charge in [0, 0.05) is 92.8 Å². The summed E-state index contributed by atoms with van der Waals surface area (Å²) in [6.45, 7) is 2.84. The van der Waals surface area contributed by atoms with Crippen LogP contribution in [0.5, 0.6) is 5.75 Å². The molecule has 4 N–H and O–H groups in total. The number of carboxylic acid groups (broad SMARTS) is 1. The standard InChI is InChI=1S/C35H37Cl2N7O5/c1-43-27-11-14-44(15-12-30(46)47)19-26(27)41-34(43)35(48)42-25-5-3-4-23(31(25)36)24-10-13-39-33(32(24)37)20-6-7-21(28(16-20)49-2)17-38-18-22-8-9-29(45)40-22/h3-7,10,13,16,22,38H,8-9,11-12,14-15,17-19H2,1-2H3,(H,40,45)(H,42,48)(H,46,47)/t22-/m0/s1. The number of imidazole rings is 1. The molecule has 1 saturated heterocycles. The van der Waals surface area contributed by atoms with Gasteiger partial charge >= 0.3 is 5.97 Å². The number of aliphatic carboxylic acids is 1. The van der Waals surface area contributed by atoms with Gasteiger partial charge in [0.05, 0.1) is 40.7 Å². The summed E-state index contributed by atoms with van der Waals surface area (Å²) in [6.07, 6.45) is 3.76. The van der Waals surface area contributed by atoms with Crippen molar-refractivity contribution in [2.45, 2.75) is 44.8 Å². The van der Waals surface area contributed by atoms with E-state index in [1.165, 1.54) is 0 Å². The Balaban J connectivity index is 1.19. The van der Waals surface area contributed by atoms with Crippen LogP contribution in [-0.4, -0.2) is 75.1 Å². The molecule has 256 valence electrons. The van der Waals surface area contributed by atoms with Gasteiger partial charge in [0.15, 0.2) is 5.82 Å². The number of methoxy groups -OCH3 is 1. The Bertz CT molecular complexity index is 1910. The van der Waals surface area contributed by atoms with Gasteiger partial charge in [0.2, 0.25) is 5.91 Å². The average molecular weight is 707 g/mol. The number of nitrogens with one attached hydrogen (secondary N) is 3. The first-order chi connectivity index (χ1) is 23.6. The Morgan fingerprint density at radius 2 is 1.94 bits per heavy atom. The number of ether oxygens (including phenoxy) is 1. The van der Waals surface area contributed by atoms with Crippen molar-refractivity contribution in [3.63, 3.8) is 0 Å². The fourth-order valence-corrected chi connectivity index (χ4v) is 6.94. The first-order valence-corrected chi connectivity index (χ1v) is 16.8. The Kier molecular flexibility index (Phi) is 10.5. The van der Waals surface area contributed by atoms with Crippen LogP contribution >= 0.6 is 23.2 Å². The molecule has 1 atom stereocenters. The molecule has 6 rings (SSSR count). The molecule has 0 aliphatic carbocycles. The predicted molar refractivity (Wildman–Crippen MR) is 187 cm³/mol. The molecule has 1 fully saturated rings. The first kappa shape index (κ1) is 34.4. The third-order valence-corrected chi connectivity index (χ3v) is 9.75. The van der Waals surface area contributed by atoms with Crippen molar-refractivity contribution < 1.29 is 24.2 Å². The Morgan fingerprint density at radius 1 is 1.12 bits per heavy atom. The minimum atomic E-state index is -0.845. The second-order valence-corrected chi connectivity index (χ2v) is 12.9. The molecular formula is C35H37Cl2N7O5. The predicted octanol–water partition coefficient (Wildman–Crippen LogP) is 4.92. The molecule has 2 amide bonds. The number of fused-ring (bicyclic) bond motifs is 1. The van der Waals surface area contributed by atoms with E-state index < -0.39 is 11.9 Å². The second kappa shape index (κ2) is 15.0. The largest absolute Gasteiger partial charge is 0.496 e. The summed E-state index contributed by atoms with van der Waals surface area (Å²) in [4.78, 5) is 47.2. The third kappa shape index (κ3) is 7.57. The lowest BCUT2D eigenvalue weighted by atomic mass is 10.0. The van der Waals surface area contributed by atoms with Crippen molar-refractivity contribution in [1.82, 2.24) is 30.1 Å². The summed E-state index contributed by atoms with van der Waals surface area (Å²) in [6, 6.07) is 13.0. The molecular weight excluding hydrogens is 669 g/mol. The molecule has 4 heterocycles. The maximum absolute atomic E-state index is 13.5. The van der Waals surface area contributed by atoms with Gasteiger partial charge in [-0.25, -0.2) is 4.98 Å². The Labute approximate surface area is 293 Å². The van der Waals surface area contributed by atoms with Gasteiger partial charge in [-0.3, -0.25) is 24.3 Å². The summed E-state index contributed by atoms with van der Waals surface area (Å²) in [5.74, 6) is -0.249. The minimum absolute atomic E-state index is 0.0512. The summed E-state index contributed by atoms with van der Waals surface area (Å²) in [5.41, 5.74) is 5.64. The van der Waals surface area contributed by atoms with Gasteiger partial charge in [-0.1, -0.05) is 47.5 Å². The zero-order valence-electron chi connectivity index (χ0n) is 27.2. The zero-order valence-corrected chi connectivity index (χ0v) is 28.7. The smallest absolute Gasteiger partial charge is 0.304 e. The number of carboxylic acids is 1. The average Bonchev–Trinajstić information content (AvgIpc) is 3.66. The van der Waals surface area contributed by atoms with Crippen LogP contribution in [0.4, 0.5) is 5.69 Å². The maximum atomic E-state index is 13.5. The van der Waals surface area contributed by atoms with Crippen molar-refractivity contribution >= 4 is 46.7 Å². The molecule has 2 aliphatic heterocycles. The second-order valence-electron chi connectivity index (χ2n) is 12.2. The number of nitrogens with zero attached hydrogens (tertiary/aromatic N) is 4. The number of aromatic nitrogens is 3. The highest BCUT2D eigenvalue weighted by molar-refractivity contribution is 6.39. The number of hydrogen-bond donors (Lipinski definition) is 4. The van der Waals surface area contributed by atoms with E-state index in [0.29, 0.717) is 83.9 Å². The van der Waals surface area contributed by atoms with Crippen LogP contribution in [0, 0.1) is 0 Å². The summed E-state index contributed by atoms with van der Waals surface area (Å²) >= 11 is 13.9. The van der Waals surface area contributed by atoms with E-state index in [4.69, 9.17) is 33.0 Å². The van der Waals surface area contributed by atoms with Crippen LogP contribution < -0.4 is 20.7 Å². The highest BCUT2D eigenvalue weighted by Crippen LogP contribution is 2.41. The Hall–Kier alpha value is -4.49. The molecule has 12 nitrogen and oxygen atoms in total. The van der Waals surface area contributed by atoms with E-state index in [0.717, 1.165) is 28.9 Å². The molecule has 0 unspecified atom stereocenters. The van der Waals surface area contributed by atoms with Crippen molar-refractivity contribution in [2.24, 2.45) is 7.05 Å². The molecule has 2 aromatic heterocycles. The van der Waals surface area contributed by atoms with Crippen LogP contribution in [0.1, 0.15) is 46.8 Å². The van der Waals surface area contributed by atoms with Crippen LogP contribution in [0.3, 0.4) is 0 Å². The SMILES string of the molecule is COc1cc(-c2nccc(-c3cccc(NC(=O)c4nc5c(n4C)CCN(CCC(=O)O)C5)c3Cl)c2Cl)ccc1CNC[C@@H]1CCC(=O)N1. The fraction of sp³-hybridized carbons (Fsp3) is 0.343. The number of rotatable bonds is 12. The molecule has 14 heteroatoms. The van der Waals surface area contributed by atoms with Gasteiger partial charge in [-0.05, 0) is 24.6 Å². The van der Waals surface area contributed by atoms with Crippen molar-refractivity contribution in [3.8, 4) is 28.1 Å². The number of anilines is 1. The topological polar surface area (TPSA) is 151 Å². The van der Waals surface area contributed by atoms with Gasteiger partial charge < -0.3 is 30.4 Å². The van der Waals surface area contributed by atoms with Gasteiger partial charge in [0.1, 0.15) is 5.75 Å². The molecule has 2 aliphatic rings. The highest BCUT2D eigenvalue weighted by Gasteiger charge is 2.26. The van der Waals surface area contributed by atoms with E-state index in [9.17, 15) is 14.4 Å². The number of benzene rings is 2. The van der Waals surface area contributed by atoms with E-state index in [1.807, 2.05) is 29.2 Å². The minimum Gasteiger partial charge on any atom is -0.496 e. The number of carbonyl (C=O) groups is 3. The zero-order chi connectivity index (χ0) is 34.7. The lowest BCUT2D eigenvalue weighted by Crippen LogP contribution is -2.35. The number of amides is 2. The van der Waals surface area contributed by atoms with E-state index >= 15 is 0 Å². The van der Waals surface area contributed by atoms with Crippen molar-refractivity contribution in [1.29, 1.82) is 0 Å². The van der Waals surface area contributed by atoms with Crippen LogP contribution in [0.25, 0.3) is 22.4 Å². The molecule has 0 spiro atoms. The monoisotopic (exact) mass is 705 g/mol. The van der Waals surface area contributed by atoms with Crippen LogP contribution in [0.15, 0.2) is 48.7 Å². The van der Waals surface area contributed by atoms with Crippen molar-refractivity contribution in [3.05, 3.63) is 81.5 Å². The quantitative estimate of drug-likeness (QED) is 0.161. The normalized spacial score (nSPS) is 15.9. The van der Waals surface area contributed by atoms with Gasteiger partial charge in [-0.15, -0.1) is 0 Å². The van der Waals surface area contributed by atoms with E-state index in [1.54, 1.807) is 43.1 Å². The highest BCUT2D eigenvalue weighted by atomic mass is 35.5. The van der Waals surface area contributed by atoms with Gasteiger partial charge in [0.25, 0.3) is 5.91 Å². The molecule has 0 radical (unpaired) electrons. The molecule has 49 heavy (non-hydrogen) atoms. The molecule has 2 aromatic carbocycles. The summed E-state index contributed by atoms with van der Waals surface area (Å²) < 4.78 is 7.48. The van der Waals surface area contributed by atoms with Crippen LogP contribution in [-0.2, 0) is 36.1 Å². The van der Waals surface area contributed by atoms with Crippen LogP contribution in [0.2, 0.25) is 10.0 Å². The number of halogens is 2. The van der Waals surface area contributed by atoms with Crippen molar-refractivity contribution in [2.75, 3.05) is 32.1 Å². The third-order valence-electron chi connectivity index (χ3n) is 8.96. The fourth-order valence-electron chi connectivity index (χ4n) is 6.35. The van der Waals surface area contributed by atoms with E-state index in [2.05, 4.69) is 25.9 Å². The molecule has 4 aromatic rings. The summed E-state index contributed by atoms with van der Waals surface area (Å²) in [5, 5.41) is 19.0. The number of carbonyl (C=O) groups excluding carboxylic acids is 2. The molecule has 0 saturated carbocycles. The lowest BCUT2D eigenvalue weighted by Gasteiger charge is -2.25.